The van der Waals surface area contributed by atoms with E-state index in [0.29, 0.717) is 16.8 Å². The van der Waals surface area contributed by atoms with Gasteiger partial charge in [-0.3, -0.25) is 0 Å². The summed E-state index contributed by atoms with van der Waals surface area (Å²) in [7, 11) is 0. The van der Waals surface area contributed by atoms with E-state index in [4.69, 9.17) is 16.3 Å². The summed E-state index contributed by atoms with van der Waals surface area (Å²) in [5, 5.41) is 0.0933. The molecule has 13 heavy (non-hydrogen) atoms. The molecule has 0 unspecified atom stereocenters. The van der Waals surface area contributed by atoms with Gasteiger partial charge in [-0.2, -0.15) is 0 Å². The Balaban J connectivity index is 2.88. The van der Waals surface area contributed by atoms with Gasteiger partial charge in [-0.05, 0) is 28.4 Å². The fraction of sp³-hybridized carbons (Fsp3) is 0.333. The van der Waals surface area contributed by atoms with Gasteiger partial charge in [-0.1, -0.05) is 18.5 Å². The molecule has 1 rings (SSSR count). The molecule has 0 fully saturated rings. The van der Waals surface area contributed by atoms with Gasteiger partial charge in [0.05, 0.1) is 16.1 Å². The van der Waals surface area contributed by atoms with Gasteiger partial charge in [0.1, 0.15) is 11.6 Å². The molecule has 0 radical (unpaired) electrons. The monoisotopic (exact) mass is 266 g/mol. The highest BCUT2D eigenvalue weighted by Crippen LogP contribution is 2.30. The van der Waals surface area contributed by atoms with Crippen LogP contribution < -0.4 is 4.74 Å². The average molecular weight is 268 g/mol. The smallest absolute Gasteiger partial charge is 0.145 e. The molecule has 1 aromatic rings. The second-order valence-electron chi connectivity index (χ2n) is 2.55. The van der Waals surface area contributed by atoms with Crippen molar-refractivity contribution in [3.63, 3.8) is 0 Å². The standard InChI is InChI=1S/C9H9BrClFO/c1-2-3-13-9-5-8(12)7(11)4-6(9)10/h4-5H,2-3H2,1H3. The Kier molecular flexibility index (Phi) is 4.00. The highest BCUT2D eigenvalue weighted by atomic mass is 79.9. The molecule has 0 aliphatic heterocycles. The first kappa shape index (κ1) is 10.8. The lowest BCUT2D eigenvalue weighted by Crippen LogP contribution is -1.96. The van der Waals surface area contributed by atoms with Crippen molar-refractivity contribution in [1.29, 1.82) is 0 Å². The summed E-state index contributed by atoms with van der Waals surface area (Å²) in [4.78, 5) is 0. The van der Waals surface area contributed by atoms with Crippen LogP contribution in [0.5, 0.6) is 5.75 Å². The largest absolute Gasteiger partial charge is 0.492 e. The number of hydrogen-bond donors (Lipinski definition) is 0. The molecule has 4 heteroatoms. The average Bonchev–Trinajstić information content (AvgIpc) is 2.09. The molecule has 0 aromatic heterocycles. The quantitative estimate of drug-likeness (QED) is 0.751. The lowest BCUT2D eigenvalue weighted by molar-refractivity contribution is 0.314. The maximum absolute atomic E-state index is 13.0. The molecule has 1 nitrogen and oxygen atoms in total. The number of halogens is 3. The van der Waals surface area contributed by atoms with Crippen LogP contribution in [0.3, 0.4) is 0 Å². The molecule has 0 aliphatic carbocycles. The van der Waals surface area contributed by atoms with E-state index in [1.807, 2.05) is 6.92 Å². The summed E-state index contributed by atoms with van der Waals surface area (Å²) in [6.45, 7) is 2.56. The van der Waals surface area contributed by atoms with E-state index in [0.717, 1.165) is 6.42 Å². The third-order valence-corrected chi connectivity index (χ3v) is 2.35. The Labute approximate surface area is 90.0 Å². The van der Waals surface area contributed by atoms with Crippen LogP contribution in [0.15, 0.2) is 16.6 Å². The first-order valence-corrected chi connectivity index (χ1v) is 5.09. The summed E-state index contributed by atoms with van der Waals surface area (Å²) in [5.41, 5.74) is 0. The van der Waals surface area contributed by atoms with E-state index in [1.54, 1.807) is 0 Å². The minimum absolute atomic E-state index is 0.0933. The van der Waals surface area contributed by atoms with Crippen LogP contribution in [-0.4, -0.2) is 6.61 Å². The molecule has 0 aliphatic rings. The minimum atomic E-state index is -0.462. The first-order chi connectivity index (χ1) is 6.15. The molecule has 0 saturated carbocycles. The SMILES string of the molecule is CCCOc1cc(F)c(Cl)cc1Br. The molecule has 1 aromatic carbocycles. The van der Waals surface area contributed by atoms with E-state index in [9.17, 15) is 4.39 Å². The van der Waals surface area contributed by atoms with Crippen LogP contribution in [0.25, 0.3) is 0 Å². The van der Waals surface area contributed by atoms with Gasteiger partial charge in [-0.25, -0.2) is 4.39 Å². The Morgan fingerprint density at radius 2 is 2.23 bits per heavy atom. The van der Waals surface area contributed by atoms with E-state index in [2.05, 4.69) is 15.9 Å². The topological polar surface area (TPSA) is 9.23 Å². The van der Waals surface area contributed by atoms with E-state index >= 15 is 0 Å². The fourth-order valence-corrected chi connectivity index (χ4v) is 1.58. The van der Waals surface area contributed by atoms with Crippen LogP contribution in [0.2, 0.25) is 5.02 Å². The molecule has 0 saturated heterocycles. The molecule has 0 atom stereocenters. The maximum atomic E-state index is 13.0. The summed E-state index contributed by atoms with van der Waals surface area (Å²) in [6.07, 6.45) is 0.886. The number of rotatable bonds is 3. The third-order valence-electron chi connectivity index (χ3n) is 1.44. The van der Waals surface area contributed by atoms with Gasteiger partial charge in [0, 0.05) is 6.07 Å². The van der Waals surface area contributed by atoms with E-state index in [1.165, 1.54) is 12.1 Å². The van der Waals surface area contributed by atoms with Gasteiger partial charge in [0.2, 0.25) is 0 Å². The van der Waals surface area contributed by atoms with Crippen molar-refractivity contribution >= 4 is 27.5 Å². The predicted molar refractivity (Wildman–Crippen MR) is 54.9 cm³/mol. The predicted octanol–water partition coefficient (Wildman–Crippen LogP) is 4.03. The molecule has 0 amide bonds. The molecule has 0 spiro atoms. The zero-order chi connectivity index (χ0) is 9.84. The second kappa shape index (κ2) is 4.82. The Hall–Kier alpha value is -0.280. The van der Waals surface area contributed by atoms with Crippen molar-refractivity contribution in [2.75, 3.05) is 6.61 Å². The van der Waals surface area contributed by atoms with Crippen molar-refractivity contribution < 1.29 is 9.13 Å². The van der Waals surface area contributed by atoms with Gasteiger partial charge < -0.3 is 4.74 Å². The fourth-order valence-electron chi connectivity index (χ4n) is 0.827. The van der Waals surface area contributed by atoms with Crippen LogP contribution >= 0.6 is 27.5 Å². The Bertz CT molecular complexity index is 304. The van der Waals surface area contributed by atoms with Crippen molar-refractivity contribution in [2.45, 2.75) is 13.3 Å². The number of hydrogen-bond acceptors (Lipinski definition) is 1. The van der Waals surface area contributed by atoms with Crippen LogP contribution in [0, 0.1) is 5.82 Å². The third kappa shape index (κ3) is 2.85. The van der Waals surface area contributed by atoms with Gasteiger partial charge >= 0.3 is 0 Å². The molecule has 72 valence electrons. The van der Waals surface area contributed by atoms with E-state index < -0.39 is 5.82 Å². The minimum Gasteiger partial charge on any atom is -0.492 e. The zero-order valence-electron chi connectivity index (χ0n) is 7.11. The van der Waals surface area contributed by atoms with Crippen LogP contribution in [-0.2, 0) is 0 Å². The normalized spacial score (nSPS) is 10.2. The van der Waals surface area contributed by atoms with Gasteiger partial charge in [0.15, 0.2) is 0 Å². The van der Waals surface area contributed by atoms with Crippen molar-refractivity contribution in [3.05, 3.63) is 27.4 Å². The highest BCUT2D eigenvalue weighted by Gasteiger charge is 2.06. The molecular formula is C9H9BrClFO. The Morgan fingerprint density at radius 1 is 1.54 bits per heavy atom. The molecular weight excluding hydrogens is 258 g/mol. The highest BCUT2D eigenvalue weighted by molar-refractivity contribution is 9.10. The molecule has 0 bridgehead atoms. The van der Waals surface area contributed by atoms with Crippen molar-refractivity contribution in [1.82, 2.24) is 0 Å². The summed E-state index contributed by atoms with van der Waals surface area (Å²) >= 11 is 8.79. The Morgan fingerprint density at radius 3 is 2.85 bits per heavy atom. The van der Waals surface area contributed by atoms with Crippen molar-refractivity contribution in [3.8, 4) is 5.75 Å². The molecule has 0 N–H and O–H groups in total. The lowest BCUT2D eigenvalue weighted by atomic mass is 10.3. The van der Waals surface area contributed by atoms with Crippen LogP contribution in [0.4, 0.5) is 4.39 Å². The second-order valence-corrected chi connectivity index (χ2v) is 3.81. The van der Waals surface area contributed by atoms with Crippen molar-refractivity contribution in [2.24, 2.45) is 0 Å². The number of ether oxygens (including phenoxy) is 1. The summed E-state index contributed by atoms with van der Waals surface area (Å²) in [5.74, 6) is 0.0275. The number of benzene rings is 1. The summed E-state index contributed by atoms with van der Waals surface area (Å²) < 4.78 is 18.9. The maximum Gasteiger partial charge on any atom is 0.145 e. The lowest BCUT2D eigenvalue weighted by Gasteiger charge is -2.07. The summed E-state index contributed by atoms with van der Waals surface area (Å²) in [6, 6.07) is 2.77. The van der Waals surface area contributed by atoms with Gasteiger partial charge in [0.25, 0.3) is 0 Å². The van der Waals surface area contributed by atoms with Gasteiger partial charge in [-0.15, -0.1) is 0 Å². The zero-order valence-corrected chi connectivity index (χ0v) is 9.45. The van der Waals surface area contributed by atoms with Crippen LogP contribution in [0.1, 0.15) is 13.3 Å². The first-order valence-electron chi connectivity index (χ1n) is 3.92. The van der Waals surface area contributed by atoms with E-state index in [-0.39, 0.29) is 5.02 Å². The molecule has 0 heterocycles.